The molecule has 1 aliphatic carbocycles. The van der Waals surface area contributed by atoms with Crippen LogP contribution in [0.15, 0.2) is 0 Å². The van der Waals surface area contributed by atoms with E-state index in [1.54, 1.807) is 18.9 Å². The Morgan fingerprint density at radius 1 is 1.67 bits per heavy atom. The van der Waals surface area contributed by atoms with E-state index in [1.165, 1.54) is 0 Å². The molecule has 88 valence electrons. The molecule has 3 N–H and O–H groups in total. The second kappa shape index (κ2) is 5.72. The van der Waals surface area contributed by atoms with Gasteiger partial charge < -0.3 is 15.6 Å². The first-order valence-corrected chi connectivity index (χ1v) is 6.35. The van der Waals surface area contributed by atoms with Crippen LogP contribution in [0.2, 0.25) is 0 Å². The van der Waals surface area contributed by atoms with Crippen LogP contribution < -0.4 is 5.73 Å². The molecule has 1 aliphatic rings. The number of nitrogens with two attached hydrogens (primary N) is 1. The first kappa shape index (κ1) is 12.8. The van der Waals surface area contributed by atoms with E-state index in [-0.39, 0.29) is 5.92 Å². The number of carboxylic acids is 1. The fraction of sp³-hybridized carbons (Fsp3) is 0.900. The molecule has 0 heterocycles. The Labute approximate surface area is 94.6 Å². The van der Waals surface area contributed by atoms with Crippen LogP contribution in [-0.4, -0.2) is 41.8 Å². The Morgan fingerprint density at radius 2 is 2.33 bits per heavy atom. The monoisotopic (exact) mass is 233 g/mol. The zero-order valence-electron chi connectivity index (χ0n) is 9.07. The summed E-state index contributed by atoms with van der Waals surface area (Å²) < 4.78 is 4.92. The first-order chi connectivity index (χ1) is 7.11. The van der Waals surface area contributed by atoms with Crippen LogP contribution in [0.25, 0.3) is 0 Å². The maximum atomic E-state index is 11.1. The van der Waals surface area contributed by atoms with Gasteiger partial charge in [-0.05, 0) is 30.9 Å². The van der Waals surface area contributed by atoms with Crippen LogP contribution in [-0.2, 0) is 9.53 Å². The van der Waals surface area contributed by atoms with Crippen LogP contribution in [0.1, 0.15) is 19.3 Å². The number of rotatable bonds is 8. The van der Waals surface area contributed by atoms with E-state index in [0.29, 0.717) is 5.75 Å². The van der Waals surface area contributed by atoms with E-state index in [2.05, 4.69) is 0 Å². The van der Waals surface area contributed by atoms with Gasteiger partial charge in [-0.1, -0.05) is 0 Å². The van der Waals surface area contributed by atoms with Crippen molar-refractivity contribution < 1.29 is 14.6 Å². The molecule has 0 bridgehead atoms. The quantitative estimate of drug-likeness (QED) is 0.611. The summed E-state index contributed by atoms with van der Waals surface area (Å²) in [4.78, 5) is 11.1. The Hall–Kier alpha value is -0.260. The fourth-order valence-corrected chi connectivity index (χ4v) is 2.66. The third kappa shape index (κ3) is 3.66. The topological polar surface area (TPSA) is 72.5 Å². The van der Waals surface area contributed by atoms with Gasteiger partial charge in [-0.15, -0.1) is 0 Å². The van der Waals surface area contributed by atoms with Gasteiger partial charge in [0.2, 0.25) is 0 Å². The van der Waals surface area contributed by atoms with Gasteiger partial charge in [0, 0.05) is 19.5 Å². The van der Waals surface area contributed by atoms with Crippen molar-refractivity contribution in [2.45, 2.75) is 24.8 Å². The molecule has 0 spiro atoms. The largest absolute Gasteiger partial charge is 0.480 e. The van der Waals surface area contributed by atoms with E-state index < -0.39 is 11.5 Å². The van der Waals surface area contributed by atoms with Gasteiger partial charge in [0.05, 0.1) is 0 Å². The van der Waals surface area contributed by atoms with Gasteiger partial charge in [-0.2, -0.15) is 11.8 Å². The lowest BCUT2D eigenvalue weighted by Gasteiger charge is -2.23. The van der Waals surface area contributed by atoms with Crippen molar-refractivity contribution in [2.24, 2.45) is 11.7 Å². The van der Waals surface area contributed by atoms with E-state index in [0.717, 1.165) is 31.6 Å². The highest BCUT2D eigenvalue weighted by molar-refractivity contribution is 7.99. The standard InChI is InChI=1S/C10H19NO3S/c1-14-5-2-6-15-7-10(11,9(12)13)8-3-4-8/h8H,2-7,11H2,1H3,(H,12,13). The summed E-state index contributed by atoms with van der Waals surface area (Å²) in [6, 6.07) is 0. The van der Waals surface area contributed by atoms with Gasteiger partial charge in [0.1, 0.15) is 5.54 Å². The minimum Gasteiger partial charge on any atom is -0.480 e. The van der Waals surface area contributed by atoms with Crippen LogP contribution in [0.4, 0.5) is 0 Å². The summed E-state index contributed by atoms with van der Waals surface area (Å²) in [5.41, 5.74) is 4.91. The molecule has 5 heteroatoms. The molecule has 1 unspecified atom stereocenters. The molecule has 1 fully saturated rings. The predicted molar refractivity (Wildman–Crippen MR) is 61.1 cm³/mol. The molecule has 0 aliphatic heterocycles. The van der Waals surface area contributed by atoms with Crippen LogP contribution in [0.5, 0.6) is 0 Å². The fourth-order valence-electron chi connectivity index (χ4n) is 1.50. The average Bonchev–Trinajstić information content (AvgIpc) is 3.00. The molecule has 0 radical (unpaired) electrons. The normalized spacial score (nSPS) is 19.9. The number of ether oxygens (including phenoxy) is 1. The first-order valence-electron chi connectivity index (χ1n) is 5.20. The van der Waals surface area contributed by atoms with Crippen LogP contribution >= 0.6 is 11.8 Å². The van der Waals surface area contributed by atoms with E-state index in [4.69, 9.17) is 15.6 Å². The molecule has 1 atom stereocenters. The summed E-state index contributed by atoms with van der Waals surface area (Å²) in [7, 11) is 1.67. The number of hydrogen-bond donors (Lipinski definition) is 2. The molecule has 0 aromatic rings. The van der Waals surface area contributed by atoms with Gasteiger partial charge >= 0.3 is 5.97 Å². The molecule has 0 amide bonds. The van der Waals surface area contributed by atoms with Crippen molar-refractivity contribution in [3.63, 3.8) is 0 Å². The molecule has 0 saturated heterocycles. The Kier molecular flexibility index (Phi) is 4.89. The third-order valence-electron chi connectivity index (χ3n) is 2.68. The van der Waals surface area contributed by atoms with Gasteiger partial charge in [-0.25, -0.2) is 0 Å². The van der Waals surface area contributed by atoms with Gasteiger partial charge in [0.25, 0.3) is 0 Å². The second-order valence-corrected chi connectivity index (χ2v) is 5.12. The molecule has 0 aromatic heterocycles. The van der Waals surface area contributed by atoms with Crippen molar-refractivity contribution in [3.8, 4) is 0 Å². The van der Waals surface area contributed by atoms with Gasteiger partial charge in [0.15, 0.2) is 0 Å². The summed E-state index contributed by atoms with van der Waals surface area (Å²) >= 11 is 1.61. The Bertz CT molecular complexity index is 221. The Balaban J connectivity index is 2.23. The zero-order valence-corrected chi connectivity index (χ0v) is 9.89. The molecule has 15 heavy (non-hydrogen) atoms. The van der Waals surface area contributed by atoms with Crippen molar-refractivity contribution in [1.29, 1.82) is 0 Å². The maximum Gasteiger partial charge on any atom is 0.324 e. The van der Waals surface area contributed by atoms with Crippen molar-refractivity contribution in [3.05, 3.63) is 0 Å². The number of thioether (sulfide) groups is 1. The van der Waals surface area contributed by atoms with Crippen molar-refractivity contribution in [1.82, 2.24) is 0 Å². The SMILES string of the molecule is COCCCSCC(N)(C(=O)O)C1CC1. The molecule has 1 rings (SSSR count). The molecular weight excluding hydrogens is 214 g/mol. The van der Waals surface area contributed by atoms with Gasteiger partial charge in [-0.3, -0.25) is 4.79 Å². The number of methoxy groups -OCH3 is 1. The van der Waals surface area contributed by atoms with Crippen molar-refractivity contribution in [2.75, 3.05) is 25.2 Å². The predicted octanol–water partition coefficient (Wildman–Crippen LogP) is 0.948. The highest BCUT2D eigenvalue weighted by atomic mass is 32.2. The summed E-state index contributed by atoms with van der Waals surface area (Å²) in [5, 5.41) is 9.08. The summed E-state index contributed by atoms with van der Waals surface area (Å²) in [6.45, 7) is 0.723. The number of carbonyl (C=O) groups is 1. The summed E-state index contributed by atoms with van der Waals surface area (Å²) in [6.07, 6.45) is 2.87. The summed E-state index contributed by atoms with van der Waals surface area (Å²) in [5.74, 6) is 0.748. The van der Waals surface area contributed by atoms with Crippen LogP contribution in [0.3, 0.4) is 0 Å². The maximum absolute atomic E-state index is 11.1. The number of aliphatic carboxylic acids is 1. The third-order valence-corrected chi connectivity index (χ3v) is 3.94. The minimum atomic E-state index is -1.00. The number of hydrogen-bond acceptors (Lipinski definition) is 4. The smallest absolute Gasteiger partial charge is 0.324 e. The lowest BCUT2D eigenvalue weighted by Crippen LogP contribution is -2.52. The highest BCUT2D eigenvalue weighted by Gasteiger charge is 2.47. The molecular formula is C10H19NO3S. The second-order valence-electron chi connectivity index (χ2n) is 4.02. The van der Waals surface area contributed by atoms with E-state index in [9.17, 15) is 4.79 Å². The average molecular weight is 233 g/mol. The van der Waals surface area contributed by atoms with Crippen LogP contribution in [0, 0.1) is 5.92 Å². The number of carboxylic acid groups (broad SMARTS) is 1. The lowest BCUT2D eigenvalue weighted by atomic mass is 9.98. The van der Waals surface area contributed by atoms with E-state index in [1.807, 2.05) is 0 Å². The van der Waals surface area contributed by atoms with E-state index >= 15 is 0 Å². The molecule has 0 aromatic carbocycles. The molecule has 4 nitrogen and oxygen atoms in total. The van der Waals surface area contributed by atoms with Crippen molar-refractivity contribution >= 4 is 17.7 Å². The highest BCUT2D eigenvalue weighted by Crippen LogP contribution is 2.40. The molecule has 1 saturated carbocycles. The zero-order chi connectivity index (χ0) is 11.3. The Morgan fingerprint density at radius 3 is 2.80 bits per heavy atom. The lowest BCUT2D eigenvalue weighted by molar-refractivity contribution is -0.143. The minimum absolute atomic E-state index is 0.185.